The number of amides is 1. The Bertz CT molecular complexity index is 1120. The van der Waals surface area contributed by atoms with E-state index in [1.807, 2.05) is 63.2 Å². The fourth-order valence-electron chi connectivity index (χ4n) is 2.99. The zero-order valence-corrected chi connectivity index (χ0v) is 14.7. The summed E-state index contributed by atoms with van der Waals surface area (Å²) in [5.41, 5.74) is 4.91. The van der Waals surface area contributed by atoms with Crippen LogP contribution in [0.5, 0.6) is 0 Å². The van der Waals surface area contributed by atoms with Crippen LogP contribution < -0.4 is 5.32 Å². The van der Waals surface area contributed by atoms with Crippen molar-refractivity contribution in [3.05, 3.63) is 64.9 Å². The average Bonchev–Trinajstić information content (AvgIpc) is 3.22. The first-order chi connectivity index (χ1) is 12.5. The molecule has 6 nitrogen and oxygen atoms in total. The molecule has 0 saturated carbocycles. The summed E-state index contributed by atoms with van der Waals surface area (Å²) in [5, 5.41) is 11.5. The van der Waals surface area contributed by atoms with Gasteiger partial charge in [-0.15, -0.1) is 0 Å². The molecule has 6 heteroatoms. The maximum absolute atomic E-state index is 12.7. The predicted molar refractivity (Wildman–Crippen MR) is 98.1 cm³/mol. The van der Waals surface area contributed by atoms with E-state index in [0.29, 0.717) is 11.3 Å². The highest BCUT2D eigenvalue weighted by Crippen LogP contribution is 2.30. The van der Waals surface area contributed by atoms with Crippen LogP contribution in [0, 0.1) is 20.8 Å². The Kier molecular flexibility index (Phi) is 3.80. The van der Waals surface area contributed by atoms with Crippen LogP contribution >= 0.6 is 0 Å². The normalized spacial score (nSPS) is 11.0. The Hall–Kier alpha value is -3.41. The molecule has 0 spiro atoms. The lowest BCUT2D eigenvalue weighted by Crippen LogP contribution is -2.13. The number of fused-ring (bicyclic) bond motifs is 1. The Balaban J connectivity index is 1.70. The topological polar surface area (TPSA) is 81.2 Å². The van der Waals surface area contributed by atoms with Crippen molar-refractivity contribution in [3.8, 4) is 11.3 Å². The van der Waals surface area contributed by atoms with Gasteiger partial charge >= 0.3 is 0 Å². The molecular formula is C20H17N3O3. The van der Waals surface area contributed by atoms with Crippen molar-refractivity contribution in [2.24, 2.45) is 0 Å². The summed E-state index contributed by atoms with van der Waals surface area (Å²) in [4.78, 5) is 12.7. The minimum atomic E-state index is -0.388. The number of hydrogen-bond donors (Lipinski definition) is 1. The first-order valence-electron chi connectivity index (χ1n) is 8.24. The third-order valence-corrected chi connectivity index (χ3v) is 4.42. The second kappa shape index (κ2) is 6.15. The van der Waals surface area contributed by atoms with Gasteiger partial charge in [0.05, 0.1) is 0 Å². The van der Waals surface area contributed by atoms with Crippen LogP contribution in [-0.4, -0.2) is 16.2 Å². The van der Waals surface area contributed by atoms with Crippen LogP contribution in [0.15, 0.2) is 51.5 Å². The van der Waals surface area contributed by atoms with Crippen LogP contribution in [0.1, 0.15) is 27.2 Å². The highest BCUT2D eigenvalue weighted by Gasteiger charge is 2.22. The Labute approximate surface area is 149 Å². The highest BCUT2D eigenvalue weighted by molar-refractivity contribution is 6.07. The van der Waals surface area contributed by atoms with Crippen LogP contribution in [0.2, 0.25) is 0 Å². The summed E-state index contributed by atoms with van der Waals surface area (Å²) >= 11 is 0. The van der Waals surface area contributed by atoms with Crippen molar-refractivity contribution in [3.63, 3.8) is 0 Å². The number of furan rings is 1. The van der Waals surface area contributed by atoms with E-state index in [9.17, 15) is 4.79 Å². The maximum Gasteiger partial charge on any atom is 0.292 e. The third-order valence-electron chi connectivity index (χ3n) is 4.42. The molecule has 0 aliphatic carbocycles. The molecule has 0 bridgehead atoms. The van der Waals surface area contributed by atoms with Gasteiger partial charge in [-0.05, 0) is 48.8 Å². The van der Waals surface area contributed by atoms with Crippen molar-refractivity contribution in [1.82, 2.24) is 10.3 Å². The third kappa shape index (κ3) is 2.65. The number of para-hydroxylation sites is 1. The maximum atomic E-state index is 12.7. The molecule has 2 heterocycles. The van der Waals surface area contributed by atoms with E-state index < -0.39 is 0 Å². The van der Waals surface area contributed by atoms with Crippen LogP contribution in [-0.2, 0) is 0 Å². The van der Waals surface area contributed by atoms with Crippen molar-refractivity contribution in [1.29, 1.82) is 0 Å². The fraction of sp³-hybridized carbons (Fsp3) is 0.150. The first kappa shape index (κ1) is 16.1. The molecule has 1 N–H and O–H groups in total. The van der Waals surface area contributed by atoms with Crippen LogP contribution in [0.4, 0.5) is 5.82 Å². The van der Waals surface area contributed by atoms with E-state index >= 15 is 0 Å². The molecule has 0 radical (unpaired) electrons. The number of hydrogen-bond acceptors (Lipinski definition) is 5. The second-order valence-electron chi connectivity index (χ2n) is 6.29. The van der Waals surface area contributed by atoms with E-state index in [1.54, 1.807) is 0 Å². The van der Waals surface area contributed by atoms with E-state index in [2.05, 4.69) is 15.6 Å². The van der Waals surface area contributed by atoms with Gasteiger partial charge in [-0.1, -0.05) is 35.9 Å². The SMILES string of the molecule is Cc1ccc(C)c(-c2nonc2NC(=O)c2oc3ccccc3c2C)c1. The van der Waals surface area contributed by atoms with Crippen molar-refractivity contribution >= 4 is 22.7 Å². The standard InChI is InChI=1S/C20H17N3O3/c1-11-8-9-12(2)15(10-11)17-19(23-26-22-17)21-20(24)18-13(3)14-6-4-5-7-16(14)25-18/h4-10H,1-3H3,(H,21,23,24). The van der Waals surface area contributed by atoms with Gasteiger partial charge in [-0.25, -0.2) is 4.63 Å². The number of carbonyl (C=O) groups excluding carboxylic acids is 1. The highest BCUT2D eigenvalue weighted by atomic mass is 16.6. The quantitative estimate of drug-likeness (QED) is 0.583. The minimum absolute atomic E-state index is 0.251. The van der Waals surface area contributed by atoms with Gasteiger partial charge in [-0.2, -0.15) is 0 Å². The number of rotatable bonds is 3. The monoisotopic (exact) mass is 347 g/mol. The van der Waals surface area contributed by atoms with Gasteiger partial charge in [0.2, 0.25) is 5.82 Å². The van der Waals surface area contributed by atoms with E-state index in [4.69, 9.17) is 9.05 Å². The van der Waals surface area contributed by atoms with E-state index in [-0.39, 0.29) is 17.5 Å². The zero-order chi connectivity index (χ0) is 18.3. The number of aryl methyl sites for hydroxylation is 3. The molecule has 1 amide bonds. The summed E-state index contributed by atoms with van der Waals surface area (Å²) < 4.78 is 10.6. The lowest BCUT2D eigenvalue weighted by molar-refractivity contribution is 0.0997. The fourth-order valence-corrected chi connectivity index (χ4v) is 2.99. The molecule has 26 heavy (non-hydrogen) atoms. The molecule has 4 aromatic rings. The molecule has 0 fully saturated rings. The largest absolute Gasteiger partial charge is 0.451 e. The number of carbonyl (C=O) groups is 1. The van der Waals surface area contributed by atoms with E-state index in [0.717, 1.165) is 27.6 Å². The summed E-state index contributed by atoms with van der Waals surface area (Å²) in [7, 11) is 0. The van der Waals surface area contributed by atoms with Gasteiger partial charge in [0.15, 0.2) is 11.5 Å². The Morgan fingerprint density at radius 3 is 2.65 bits per heavy atom. The molecule has 0 unspecified atom stereocenters. The zero-order valence-electron chi connectivity index (χ0n) is 14.7. The van der Waals surface area contributed by atoms with Gasteiger partial charge < -0.3 is 4.42 Å². The molecule has 2 aromatic carbocycles. The number of benzene rings is 2. The molecule has 4 rings (SSSR count). The van der Waals surface area contributed by atoms with E-state index in [1.165, 1.54) is 0 Å². The Morgan fingerprint density at radius 2 is 1.85 bits per heavy atom. The Morgan fingerprint density at radius 1 is 1.04 bits per heavy atom. The van der Waals surface area contributed by atoms with Crippen LogP contribution in [0.25, 0.3) is 22.2 Å². The van der Waals surface area contributed by atoms with Crippen molar-refractivity contribution in [2.75, 3.05) is 5.32 Å². The lowest BCUT2D eigenvalue weighted by atomic mass is 10.0. The summed E-state index contributed by atoms with van der Waals surface area (Å²) in [5.74, 6) is 0.130. The molecule has 2 aromatic heterocycles. The summed E-state index contributed by atoms with van der Waals surface area (Å²) in [6, 6.07) is 13.5. The first-order valence-corrected chi connectivity index (χ1v) is 8.24. The summed E-state index contributed by atoms with van der Waals surface area (Å²) in [6.07, 6.45) is 0. The van der Waals surface area contributed by atoms with Gasteiger partial charge in [0.1, 0.15) is 5.58 Å². The second-order valence-corrected chi connectivity index (χ2v) is 6.29. The molecule has 130 valence electrons. The van der Waals surface area contributed by atoms with Gasteiger partial charge in [-0.3, -0.25) is 10.1 Å². The smallest absolute Gasteiger partial charge is 0.292 e. The average molecular weight is 347 g/mol. The molecular weight excluding hydrogens is 330 g/mol. The molecule has 0 aliphatic heterocycles. The predicted octanol–water partition coefficient (Wildman–Crippen LogP) is 4.66. The number of aromatic nitrogens is 2. The minimum Gasteiger partial charge on any atom is -0.451 e. The lowest BCUT2D eigenvalue weighted by Gasteiger charge is -2.06. The van der Waals surface area contributed by atoms with Crippen molar-refractivity contribution in [2.45, 2.75) is 20.8 Å². The number of nitrogens with zero attached hydrogens (tertiary/aromatic N) is 2. The van der Waals surface area contributed by atoms with Gasteiger partial charge in [0, 0.05) is 16.5 Å². The van der Waals surface area contributed by atoms with Crippen LogP contribution in [0.3, 0.4) is 0 Å². The number of nitrogens with one attached hydrogen (secondary N) is 1. The number of anilines is 1. The molecule has 0 atom stereocenters. The van der Waals surface area contributed by atoms with Gasteiger partial charge in [0.25, 0.3) is 5.91 Å². The summed E-state index contributed by atoms with van der Waals surface area (Å²) in [6.45, 7) is 5.82. The molecule has 0 aliphatic rings. The molecule has 0 saturated heterocycles. The van der Waals surface area contributed by atoms with Crippen molar-refractivity contribution < 1.29 is 13.8 Å².